The first-order valence-electron chi connectivity index (χ1n) is 8.35. The van der Waals surface area contributed by atoms with E-state index < -0.39 is 0 Å². The lowest BCUT2D eigenvalue weighted by Crippen LogP contribution is -3.14. The van der Waals surface area contributed by atoms with Gasteiger partial charge >= 0.3 is 0 Å². The second-order valence-electron chi connectivity index (χ2n) is 7.58. The Morgan fingerprint density at radius 3 is 2.50 bits per heavy atom. The number of carbonyl (C=O) groups excluding carboxylic acids is 2. The fourth-order valence-electron chi connectivity index (χ4n) is 2.90. The molecule has 3 N–H and O–H groups in total. The molecule has 130 valence electrons. The first kappa shape index (κ1) is 18.2. The second-order valence-corrected chi connectivity index (χ2v) is 7.58. The highest BCUT2D eigenvalue weighted by molar-refractivity contribution is 6.10. The largest absolute Gasteiger partial charge is 0.358 e. The predicted molar refractivity (Wildman–Crippen MR) is 96.5 cm³/mol. The number of likely N-dealkylation sites (N-methyl/N-ethyl adjacent to an activating group) is 1. The monoisotopic (exact) mass is 330 g/mol. The minimum Gasteiger partial charge on any atom is -0.358 e. The molecule has 0 radical (unpaired) electrons. The molecule has 0 saturated carbocycles. The number of nitrogens with one attached hydrogen (secondary N) is 3. The second kappa shape index (κ2) is 6.77. The zero-order valence-electron chi connectivity index (χ0n) is 15.4. The van der Waals surface area contributed by atoms with Crippen LogP contribution in [0.2, 0.25) is 0 Å². The van der Waals surface area contributed by atoms with Crippen molar-refractivity contribution in [1.29, 1.82) is 0 Å². The van der Waals surface area contributed by atoms with Crippen LogP contribution in [0.4, 0.5) is 0 Å². The number of rotatable bonds is 5. The van der Waals surface area contributed by atoms with Gasteiger partial charge in [-0.1, -0.05) is 18.2 Å². The number of H-pyrrole nitrogens is 1. The number of benzene rings is 1. The first-order valence-corrected chi connectivity index (χ1v) is 8.35. The average Bonchev–Trinajstić information content (AvgIpc) is 2.79. The molecule has 0 bridgehead atoms. The molecule has 1 unspecified atom stereocenters. The number of para-hydroxylation sites is 1. The van der Waals surface area contributed by atoms with Gasteiger partial charge in [-0.05, 0) is 40.7 Å². The van der Waals surface area contributed by atoms with Gasteiger partial charge in [-0.15, -0.1) is 0 Å². The molecule has 0 aliphatic heterocycles. The Hall–Kier alpha value is -2.14. The van der Waals surface area contributed by atoms with E-state index in [0.717, 1.165) is 27.1 Å². The maximum Gasteiger partial charge on any atom is 0.275 e. The van der Waals surface area contributed by atoms with E-state index in [0.29, 0.717) is 0 Å². The number of Topliss-reactive ketones (excluding diaryl/α,β-unsaturated/α-hetero) is 1. The van der Waals surface area contributed by atoms with E-state index in [1.807, 2.05) is 65.9 Å². The number of aromatic nitrogens is 1. The van der Waals surface area contributed by atoms with Gasteiger partial charge < -0.3 is 15.2 Å². The van der Waals surface area contributed by atoms with Gasteiger partial charge in [0, 0.05) is 22.1 Å². The van der Waals surface area contributed by atoms with Gasteiger partial charge in [-0.25, -0.2) is 0 Å². The molecule has 5 nitrogen and oxygen atoms in total. The van der Waals surface area contributed by atoms with E-state index in [2.05, 4.69) is 10.3 Å². The molecule has 0 fully saturated rings. The van der Waals surface area contributed by atoms with Crippen molar-refractivity contribution in [2.45, 2.75) is 46.2 Å². The summed E-state index contributed by atoms with van der Waals surface area (Å²) >= 11 is 0. The average molecular weight is 330 g/mol. The summed E-state index contributed by atoms with van der Waals surface area (Å²) in [5.74, 6) is 0.0151. The molecule has 0 aliphatic rings. The van der Waals surface area contributed by atoms with E-state index in [-0.39, 0.29) is 29.8 Å². The Morgan fingerprint density at radius 1 is 1.25 bits per heavy atom. The normalized spacial score (nSPS) is 14.4. The molecule has 0 aliphatic carbocycles. The van der Waals surface area contributed by atoms with Crippen molar-refractivity contribution in [2.75, 3.05) is 13.6 Å². The number of ketones is 1. The molecule has 2 rings (SSSR count). The van der Waals surface area contributed by atoms with Crippen LogP contribution in [0.25, 0.3) is 10.9 Å². The minimum atomic E-state index is -0.298. The van der Waals surface area contributed by atoms with Crippen molar-refractivity contribution >= 4 is 22.6 Å². The van der Waals surface area contributed by atoms with Crippen molar-refractivity contribution in [3.63, 3.8) is 0 Å². The lowest BCUT2D eigenvalue weighted by Gasteiger charge is -2.24. The molecule has 1 heterocycles. The lowest BCUT2D eigenvalue weighted by molar-refractivity contribution is -0.885. The number of amides is 1. The maximum absolute atomic E-state index is 13.0. The van der Waals surface area contributed by atoms with E-state index in [1.54, 1.807) is 0 Å². The molecule has 5 heteroatoms. The van der Waals surface area contributed by atoms with Gasteiger partial charge in [0.15, 0.2) is 6.54 Å². The third kappa shape index (κ3) is 4.03. The van der Waals surface area contributed by atoms with Crippen molar-refractivity contribution in [1.82, 2.24) is 10.3 Å². The van der Waals surface area contributed by atoms with Crippen LogP contribution in [0.5, 0.6) is 0 Å². The number of aromatic amines is 1. The standard InChI is InChI=1S/C19H27N3O2/c1-12-17(14-9-7-8-10-15(14)20-12)18(24)13(2)22(6)11-16(23)21-19(3,4)5/h7-10,13,20H,11H2,1-6H3,(H,21,23)/p+1/t13-/m1/s1. The SMILES string of the molecule is Cc1[nH]c2ccccc2c1C(=O)[C@@H](C)[NH+](C)CC(=O)NC(C)(C)C. The Balaban J connectivity index is 2.16. The van der Waals surface area contributed by atoms with Crippen LogP contribution >= 0.6 is 0 Å². The molecular formula is C19H28N3O2+. The third-order valence-electron chi connectivity index (χ3n) is 4.23. The van der Waals surface area contributed by atoms with E-state index in [9.17, 15) is 9.59 Å². The van der Waals surface area contributed by atoms with Gasteiger partial charge in [0.05, 0.1) is 12.6 Å². The zero-order chi connectivity index (χ0) is 18.1. The molecule has 0 saturated heterocycles. The summed E-state index contributed by atoms with van der Waals surface area (Å²) in [7, 11) is 1.88. The molecule has 2 atom stereocenters. The number of hydrogen-bond acceptors (Lipinski definition) is 2. The fraction of sp³-hybridized carbons (Fsp3) is 0.474. The Bertz CT molecular complexity index is 756. The number of hydrogen-bond donors (Lipinski definition) is 3. The van der Waals surface area contributed by atoms with Gasteiger partial charge in [0.25, 0.3) is 5.91 Å². The molecule has 1 amide bonds. The van der Waals surface area contributed by atoms with Gasteiger partial charge in [0.1, 0.15) is 6.04 Å². The Kier molecular flexibility index (Phi) is 5.13. The summed E-state index contributed by atoms with van der Waals surface area (Å²) in [6, 6.07) is 7.51. The quantitative estimate of drug-likeness (QED) is 0.727. The number of quaternary nitrogens is 1. The summed E-state index contributed by atoms with van der Waals surface area (Å²) in [5.41, 5.74) is 2.31. The van der Waals surface area contributed by atoms with Crippen LogP contribution in [0.1, 0.15) is 43.7 Å². The van der Waals surface area contributed by atoms with Crippen LogP contribution in [-0.2, 0) is 4.79 Å². The van der Waals surface area contributed by atoms with Crippen LogP contribution in [0, 0.1) is 6.92 Å². The number of fused-ring (bicyclic) bond motifs is 1. The fourth-order valence-corrected chi connectivity index (χ4v) is 2.90. The lowest BCUT2D eigenvalue weighted by atomic mass is 10.0. The summed E-state index contributed by atoms with van der Waals surface area (Å²) in [6.45, 7) is 9.91. The van der Waals surface area contributed by atoms with Crippen LogP contribution in [-0.4, -0.2) is 41.8 Å². The van der Waals surface area contributed by atoms with Crippen LogP contribution in [0.3, 0.4) is 0 Å². The molecule has 0 spiro atoms. The smallest absolute Gasteiger partial charge is 0.275 e. The summed E-state index contributed by atoms with van der Waals surface area (Å²) < 4.78 is 0. The highest BCUT2D eigenvalue weighted by Crippen LogP contribution is 2.22. The van der Waals surface area contributed by atoms with Gasteiger partial charge in [0.2, 0.25) is 5.78 Å². The Morgan fingerprint density at radius 2 is 1.88 bits per heavy atom. The highest BCUT2D eigenvalue weighted by Gasteiger charge is 2.29. The molecular weight excluding hydrogens is 302 g/mol. The maximum atomic E-state index is 13.0. The Labute approximate surface area is 143 Å². The van der Waals surface area contributed by atoms with Gasteiger partial charge in [-0.3, -0.25) is 9.59 Å². The molecule has 24 heavy (non-hydrogen) atoms. The zero-order valence-corrected chi connectivity index (χ0v) is 15.4. The van der Waals surface area contributed by atoms with Crippen molar-refractivity contribution in [3.05, 3.63) is 35.5 Å². The van der Waals surface area contributed by atoms with Gasteiger partial charge in [-0.2, -0.15) is 0 Å². The minimum absolute atomic E-state index is 0.0460. The van der Waals surface area contributed by atoms with Crippen molar-refractivity contribution in [3.8, 4) is 0 Å². The molecule has 2 aromatic rings. The number of carbonyl (C=O) groups is 2. The predicted octanol–water partition coefficient (Wildman–Crippen LogP) is 1.48. The highest BCUT2D eigenvalue weighted by atomic mass is 16.2. The van der Waals surface area contributed by atoms with Crippen molar-refractivity contribution < 1.29 is 14.5 Å². The van der Waals surface area contributed by atoms with Crippen molar-refractivity contribution in [2.24, 2.45) is 0 Å². The first-order chi connectivity index (χ1) is 11.1. The van der Waals surface area contributed by atoms with E-state index >= 15 is 0 Å². The molecule has 1 aromatic carbocycles. The third-order valence-corrected chi connectivity index (χ3v) is 4.23. The topological polar surface area (TPSA) is 66.4 Å². The van der Waals surface area contributed by atoms with Crippen LogP contribution < -0.4 is 10.2 Å². The molecule has 1 aromatic heterocycles. The van der Waals surface area contributed by atoms with E-state index in [4.69, 9.17) is 0 Å². The van der Waals surface area contributed by atoms with E-state index in [1.165, 1.54) is 0 Å². The summed E-state index contributed by atoms with van der Waals surface area (Å²) in [6.07, 6.45) is 0. The summed E-state index contributed by atoms with van der Waals surface area (Å²) in [5, 5.41) is 3.89. The van der Waals surface area contributed by atoms with Crippen LogP contribution in [0.15, 0.2) is 24.3 Å². The summed E-state index contributed by atoms with van der Waals surface area (Å²) in [4.78, 5) is 29.2. The number of aryl methyl sites for hydroxylation is 1.